The smallest absolute Gasteiger partial charge is 0.242 e. The summed E-state index contributed by atoms with van der Waals surface area (Å²) >= 11 is 1.64. The highest BCUT2D eigenvalue weighted by Gasteiger charge is 2.30. The van der Waals surface area contributed by atoms with Crippen LogP contribution in [-0.4, -0.2) is 35.8 Å². The number of halogens is 1. The van der Waals surface area contributed by atoms with Gasteiger partial charge in [0.15, 0.2) is 0 Å². The molecule has 7 heteroatoms. The molecule has 2 rings (SSSR count). The maximum absolute atomic E-state index is 12.3. The monoisotopic (exact) mass is 345 g/mol. The summed E-state index contributed by atoms with van der Waals surface area (Å²) in [5, 5.41) is 6.77. The van der Waals surface area contributed by atoms with Gasteiger partial charge in [0.25, 0.3) is 0 Å². The highest BCUT2D eigenvalue weighted by Crippen LogP contribution is 2.32. The Morgan fingerprint density at radius 1 is 1.50 bits per heavy atom. The van der Waals surface area contributed by atoms with E-state index in [1.54, 1.807) is 11.3 Å². The van der Waals surface area contributed by atoms with Crippen molar-refractivity contribution in [3.05, 3.63) is 22.4 Å². The Kier molecular flexibility index (Phi) is 7.32. The third-order valence-corrected chi connectivity index (χ3v) is 4.64. The zero-order valence-corrected chi connectivity index (χ0v) is 14.6. The second-order valence-electron chi connectivity index (χ2n) is 5.79. The maximum Gasteiger partial charge on any atom is 0.242 e. The molecule has 0 aliphatic carbocycles. The average molecular weight is 346 g/mol. The first-order valence-corrected chi connectivity index (χ1v) is 8.30. The Hall–Kier alpha value is -1.11. The van der Waals surface area contributed by atoms with Crippen LogP contribution in [0.25, 0.3) is 0 Å². The molecule has 1 aromatic heterocycles. The number of thiophene rings is 1. The lowest BCUT2D eigenvalue weighted by Gasteiger charge is -2.25. The van der Waals surface area contributed by atoms with Crippen molar-refractivity contribution in [1.82, 2.24) is 10.2 Å². The molecule has 2 heterocycles. The van der Waals surface area contributed by atoms with Crippen LogP contribution in [-0.2, 0) is 9.59 Å². The molecule has 2 atom stereocenters. The molecule has 1 unspecified atom stereocenters. The van der Waals surface area contributed by atoms with E-state index in [9.17, 15) is 9.59 Å². The topological polar surface area (TPSA) is 75.4 Å². The van der Waals surface area contributed by atoms with Crippen molar-refractivity contribution >= 4 is 35.6 Å². The van der Waals surface area contributed by atoms with Crippen LogP contribution in [0.15, 0.2) is 16.8 Å². The quantitative estimate of drug-likeness (QED) is 0.856. The van der Waals surface area contributed by atoms with E-state index in [0.717, 1.165) is 19.4 Å². The van der Waals surface area contributed by atoms with E-state index >= 15 is 0 Å². The van der Waals surface area contributed by atoms with Crippen LogP contribution in [0.1, 0.15) is 38.3 Å². The van der Waals surface area contributed by atoms with Crippen LogP contribution in [0.4, 0.5) is 0 Å². The predicted molar refractivity (Wildman–Crippen MR) is 91.1 cm³/mol. The van der Waals surface area contributed by atoms with E-state index in [4.69, 9.17) is 5.73 Å². The van der Waals surface area contributed by atoms with Gasteiger partial charge in [0, 0.05) is 6.54 Å². The summed E-state index contributed by atoms with van der Waals surface area (Å²) < 4.78 is 0. The van der Waals surface area contributed by atoms with Crippen LogP contribution in [0, 0.1) is 5.92 Å². The number of carbonyl (C=O) groups excluding carboxylic acids is 2. The summed E-state index contributed by atoms with van der Waals surface area (Å²) in [6.45, 7) is 4.56. The molecular formula is C15H24ClN3O2S. The molecule has 1 aromatic rings. The fraction of sp³-hybridized carbons (Fsp3) is 0.600. The Morgan fingerprint density at radius 2 is 2.23 bits per heavy atom. The van der Waals surface area contributed by atoms with Gasteiger partial charge in [-0.05, 0) is 41.1 Å². The van der Waals surface area contributed by atoms with Crippen molar-refractivity contribution in [1.29, 1.82) is 0 Å². The number of carbonyl (C=O) groups is 2. The van der Waals surface area contributed by atoms with E-state index < -0.39 is 6.04 Å². The molecule has 5 nitrogen and oxygen atoms in total. The van der Waals surface area contributed by atoms with Crippen molar-refractivity contribution in [3.63, 3.8) is 0 Å². The van der Waals surface area contributed by atoms with E-state index in [0.29, 0.717) is 0 Å². The van der Waals surface area contributed by atoms with Crippen LogP contribution < -0.4 is 11.1 Å². The third-order valence-electron chi connectivity index (χ3n) is 3.94. The zero-order chi connectivity index (χ0) is 15.4. The molecule has 1 fully saturated rings. The minimum absolute atomic E-state index is 0. The molecule has 22 heavy (non-hydrogen) atoms. The fourth-order valence-corrected chi connectivity index (χ4v) is 3.27. The molecule has 124 valence electrons. The van der Waals surface area contributed by atoms with Crippen LogP contribution >= 0.6 is 23.7 Å². The minimum Gasteiger partial charge on any atom is -0.346 e. The lowest BCUT2D eigenvalue weighted by molar-refractivity contribution is -0.134. The third kappa shape index (κ3) is 4.44. The summed E-state index contributed by atoms with van der Waals surface area (Å²) in [6.07, 6.45) is 1.99. The molecule has 0 spiro atoms. The van der Waals surface area contributed by atoms with Crippen molar-refractivity contribution < 1.29 is 9.59 Å². The van der Waals surface area contributed by atoms with Crippen molar-refractivity contribution in [2.75, 3.05) is 13.1 Å². The average Bonchev–Trinajstić information content (AvgIpc) is 3.12. The molecule has 3 N–H and O–H groups in total. The van der Waals surface area contributed by atoms with Gasteiger partial charge >= 0.3 is 0 Å². The molecule has 0 bridgehead atoms. The molecule has 1 aliphatic heterocycles. The highest BCUT2D eigenvalue weighted by molar-refractivity contribution is 7.07. The number of nitrogens with zero attached hydrogens (tertiary/aromatic N) is 1. The number of likely N-dealkylation sites (tertiary alicyclic amines) is 1. The molecular weight excluding hydrogens is 322 g/mol. The van der Waals surface area contributed by atoms with E-state index in [-0.39, 0.29) is 42.7 Å². The second kappa shape index (κ2) is 8.50. The largest absolute Gasteiger partial charge is 0.346 e. The summed E-state index contributed by atoms with van der Waals surface area (Å²) in [4.78, 5) is 26.0. The number of hydrogen-bond acceptors (Lipinski definition) is 4. The van der Waals surface area contributed by atoms with Crippen LogP contribution in [0.5, 0.6) is 0 Å². The van der Waals surface area contributed by atoms with E-state index in [1.807, 2.05) is 24.1 Å². The van der Waals surface area contributed by atoms with Crippen molar-refractivity contribution in [2.24, 2.45) is 11.7 Å². The van der Waals surface area contributed by atoms with E-state index in [2.05, 4.69) is 16.8 Å². The molecule has 0 aromatic carbocycles. The van der Waals surface area contributed by atoms with Crippen LogP contribution in [0.2, 0.25) is 0 Å². The Morgan fingerprint density at radius 3 is 2.82 bits per heavy atom. The summed E-state index contributed by atoms with van der Waals surface area (Å²) in [5.41, 5.74) is 6.96. The summed E-state index contributed by atoms with van der Waals surface area (Å²) in [5.74, 6) is -0.233. The van der Waals surface area contributed by atoms with Gasteiger partial charge in [-0.1, -0.05) is 13.8 Å². The summed E-state index contributed by atoms with van der Waals surface area (Å²) in [6, 6.07) is 1.65. The SMILES string of the molecule is CC(C)[C@H](N)C(=O)NCC(=O)N1CCCC1c1ccsc1.Cl. The van der Waals surface area contributed by atoms with Crippen LogP contribution in [0.3, 0.4) is 0 Å². The Balaban J connectivity index is 0.00000242. The highest BCUT2D eigenvalue weighted by atomic mass is 35.5. The normalized spacial score (nSPS) is 18.9. The zero-order valence-electron chi connectivity index (χ0n) is 13.0. The van der Waals surface area contributed by atoms with Gasteiger partial charge in [0.1, 0.15) is 0 Å². The molecule has 0 radical (unpaired) electrons. The molecule has 1 saturated heterocycles. The fourth-order valence-electron chi connectivity index (χ4n) is 2.56. The van der Waals surface area contributed by atoms with Gasteiger partial charge in [0.05, 0.1) is 18.6 Å². The first-order chi connectivity index (χ1) is 10.0. The van der Waals surface area contributed by atoms with Gasteiger partial charge in [0.2, 0.25) is 11.8 Å². The standard InChI is InChI=1S/C15H23N3O2S.ClH/c1-10(2)14(16)15(20)17-8-13(19)18-6-3-4-12(18)11-5-7-21-9-11;/h5,7,9-10,12,14H,3-4,6,8,16H2,1-2H3,(H,17,20);1H/t12?,14-;/m0./s1. The van der Waals surface area contributed by atoms with Gasteiger partial charge in [-0.15, -0.1) is 12.4 Å². The predicted octanol–water partition coefficient (Wildman–Crippen LogP) is 1.93. The molecule has 2 amide bonds. The van der Waals surface area contributed by atoms with Gasteiger partial charge in [-0.3, -0.25) is 9.59 Å². The van der Waals surface area contributed by atoms with Gasteiger partial charge in [-0.25, -0.2) is 0 Å². The first kappa shape index (κ1) is 18.9. The number of nitrogens with two attached hydrogens (primary N) is 1. The molecule has 1 aliphatic rings. The minimum atomic E-state index is -0.566. The van der Waals surface area contributed by atoms with Gasteiger partial charge in [-0.2, -0.15) is 11.3 Å². The lowest BCUT2D eigenvalue weighted by atomic mass is 10.1. The summed E-state index contributed by atoms with van der Waals surface area (Å²) in [7, 11) is 0. The maximum atomic E-state index is 12.3. The van der Waals surface area contributed by atoms with Crippen molar-refractivity contribution in [3.8, 4) is 0 Å². The number of hydrogen-bond donors (Lipinski definition) is 2. The van der Waals surface area contributed by atoms with Crippen molar-refractivity contribution in [2.45, 2.75) is 38.8 Å². The van der Waals surface area contributed by atoms with Gasteiger partial charge < -0.3 is 16.0 Å². The number of nitrogens with one attached hydrogen (secondary N) is 1. The lowest BCUT2D eigenvalue weighted by Crippen LogP contribution is -2.47. The van der Waals surface area contributed by atoms with E-state index in [1.165, 1.54) is 5.56 Å². The number of amides is 2. The first-order valence-electron chi connectivity index (χ1n) is 7.35. The molecule has 0 saturated carbocycles. The Labute approximate surface area is 141 Å². The second-order valence-corrected chi connectivity index (χ2v) is 6.57. The number of rotatable bonds is 5. The Bertz CT molecular complexity index is 493.